The summed E-state index contributed by atoms with van der Waals surface area (Å²) in [6.07, 6.45) is 2.06. The molecule has 1 saturated heterocycles. The lowest BCUT2D eigenvalue weighted by atomic mass is 10.0. The van der Waals surface area contributed by atoms with Gasteiger partial charge in [0.2, 0.25) is 10.0 Å². The molecular weight excluding hydrogens is 293 g/mol. The molecule has 1 aliphatic heterocycles. The average molecular weight is 315 g/mol. The summed E-state index contributed by atoms with van der Waals surface area (Å²) < 4.78 is 45.3. The molecule has 1 atom stereocenters. The van der Waals surface area contributed by atoms with Crippen molar-refractivity contribution in [3.8, 4) is 0 Å². The van der Waals surface area contributed by atoms with Gasteiger partial charge in [-0.15, -0.1) is 0 Å². The predicted octanol–water partition coefficient (Wildman–Crippen LogP) is 2.10. The van der Waals surface area contributed by atoms with Gasteiger partial charge in [-0.3, -0.25) is 0 Å². The van der Waals surface area contributed by atoms with E-state index >= 15 is 0 Å². The average Bonchev–Trinajstić information content (AvgIpc) is 2.38. The van der Waals surface area contributed by atoms with E-state index in [2.05, 4.69) is 4.72 Å². The van der Waals surface area contributed by atoms with Gasteiger partial charge in [0.25, 0.3) is 0 Å². The van der Waals surface area contributed by atoms with Crippen LogP contribution in [0, 0.1) is 11.7 Å². The number of rotatable bonds is 6. The van der Waals surface area contributed by atoms with Crippen molar-refractivity contribution in [1.82, 2.24) is 4.72 Å². The molecule has 118 valence electrons. The third kappa shape index (κ3) is 5.73. The first-order valence-corrected chi connectivity index (χ1v) is 8.92. The first-order chi connectivity index (χ1) is 9.94. The quantitative estimate of drug-likeness (QED) is 0.875. The summed E-state index contributed by atoms with van der Waals surface area (Å²) in [7, 11) is -3.31. The second kappa shape index (κ2) is 7.33. The van der Waals surface area contributed by atoms with E-state index in [0.29, 0.717) is 19.6 Å². The van der Waals surface area contributed by atoms with Crippen LogP contribution in [-0.2, 0) is 21.2 Å². The van der Waals surface area contributed by atoms with Crippen molar-refractivity contribution < 1.29 is 17.5 Å². The van der Waals surface area contributed by atoms with E-state index in [9.17, 15) is 12.8 Å². The van der Waals surface area contributed by atoms with Crippen LogP contribution in [0.3, 0.4) is 0 Å². The maximum atomic E-state index is 13.1. The molecule has 0 amide bonds. The molecule has 2 rings (SSSR count). The Hall–Kier alpha value is -0.980. The Kier molecular flexibility index (Phi) is 5.72. The second-order valence-corrected chi connectivity index (χ2v) is 7.49. The lowest BCUT2D eigenvalue weighted by Crippen LogP contribution is -2.38. The van der Waals surface area contributed by atoms with Gasteiger partial charge in [0, 0.05) is 19.3 Å². The molecule has 0 unspecified atom stereocenters. The van der Waals surface area contributed by atoms with Gasteiger partial charge in [-0.05, 0) is 49.8 Å². The van der Waals surface area contributed by atoms with Crippen LogP contribution >= 0.6 is 0 Å². The van der Waals surface area contributed by atoms with Gasteiger partial charge < -0.3 is 4.74 Å². The minimum absolute atomic E-state index is 0.143. The SMILES string of the molecule is C[C@H](Cc1cccc(F)c1)NS(=O)(=O)CC1CCOCC1. The van der Waals surface area contributed by atoms with Crippen LogP contribution in [-0.4, -0.2) is 33.4 Å². The van der Waals surface area contributed by atoms with E-state index in [4.69, 9.17) is 4.74 Å². The van der Waals surface area contributed by atoms with E-state index in [0.717, 1.165) is 18.4 Å². The van der Waals surface area contributed by atoms with Crippen LogP contribution < -0.4 is 4.72 Å². The molecule has 0 spiro atoms. The van der Waals surface area contributed by atoms with Gasteiger partial charge in [-0.2, -0.15) is 0 Å². The summed E-state index contributed by atoms with van der Waals surface area (Å²) in [5.74, 6) is 0.00603. The first-order valence-electron chi connectivity index (χ1n) is 7.27. The van der Waals surface area contributed by atoms with E-state index in [1.54, 1.807) is 19.1 Å². The van der Waals surface area contributed by atoms with Crippen molar-refractivity contribution >= 4 is 10.0 Å². The third-order valence-corrected chi connectivity index (χ3v) is 5.28. The zero-order valence-corrected chi connectivity index (χ0v) is 13.0. The van der Waals surface area contributed by atoms with E-state index in [1.807, 2.05) is 0 Å². The molecule has 1 N–H and O–H groups in total. The summed E-state index contributed by atoms with van der Waals surface area (Å²) in [6, 6.07) is 5.99. The Balaban J connectivity index is 1.86. The fraction of sp³-hybridized carbons (Fsp3) is 0.600. The summed E-state index contributed by atoms with van der Waals surface area (Å²) in [4.78, 5) is 0. The summed E-state index contributed by atoms with van der Waals surface area (Å²) in [5.41, 5.74) is 0.788. The number of benzene rings is 1. The number of hydrogen-bond acceptors (Lipinski definition) is 3. The topological polar surface area (TPSA) is 55.4 Å². The zero-order chi connectivity index (χ0) is 15.3. The first kappa shape index (κ1) is 16.4. The van der Waals surface area contributed by atoms with Crippen molar-refractivity contribution in [1.29, 1.82) is 0 Å². The molecule has 4 nitrogen and oxygen atoms in total. The molecule has 1 aromatic rings. The van der Waals surface area contributed by atoms with Crippen LogP contribution in [0.2, 0.25) is 0 Å². The lowest BCUT2D eigenvalue weighted by Gasteiger charge is -2.23. The minimum Gasteiger partial charge on any atom is -0.381 e. The molecule has 21 heavy (non-hydrogen) atoms. The molecule has 0 radical (unpaired) electrons. The molecule has 1 fully saturated rings. The Bertz CT molecular complexity index is 556. The highest BCUT2D eigenvalue weighted by Gasteiger charge is 2.23. The van der Waals surface area contributed by atoms with Gasteiger partial charge in [-0.1, -0.05) is 12.1 Å². The van der Waals surface area contributed by atoms with Gasteiger partial charge >= 0.3 is 0 Å². The second-order valence-electron chi connectivity index (χ2n) is 5.69. The summed E-state index contributed by atoms with van der Waals surface area (Å²) in [6.45, 7) is 3.07. The molecule has 1 heterocycles. The molecule has 1 aromatic carbocycles. The fourth-order valence-corrected chi connectivity index (χ4v) is 4.38. The monoisotopic (exact) mass is 315 g/mol. The smallest absolute Gasteiger partial charge is 0.212 e. The number of halogens is 1. The maximum absolute atomic E-state index is 13.1. The van der Waals surface area contributed by atoms with Crippen molar-refractivity contribution in [3.05, 3.63) is 35.6 Å². The Labute approximate surface area is 125 Å². The number of ether oxygens (including phenoxy) is 1. The predicted molar refractivity (Wildman–Crippen MR) is 80.0 cm³/mol. The zero-order valence-electron chi connectivity index (χ0n) is 12.2. The van der Waals surface area contributed by atoms with Gasteiger partial charge in [0.1, 0.15) is 5.82 Å². The van der Waals surface area contributed by atoms with Crippen molar-refractivity contribution in [2.75, 3.05) is 19.0 Å². The fourth-order valence-electron chi connectivity index (χ4n) is 2.64. The summed E-state index contributed by atoms with van der Waals surface area (Å²) in [5, 5.41) is 0. The van der Waals surface area contributed by atoms with Crippen LogP contribution in [0.5, 0.6) is 0 Å². The Morgan fingerprint density at radius 1 is 1.38 bits per heavy atom. The van der Waals surface area contributed by atoms with Crippen molar-refractivity contribution in [3.63, 3.8) is 0 Å². The largest absolute Gasteiger partial charge is 0.381 e. The Morgan fingerprint density at radius 3 is 2.76 bits per heavy atom. The normalized spacial score (nSPS) is 18.6. The number of hydrogen-bond donors (Lipinski definition) is 1. The number of sulfonamides is 1. The molecular formula is C15H22FNO3S. The van der Waals surface area contributed by atoms with Crippen LogP contribution in [0.15, 0.2) is 24.3 Å². The van der Waals surface area contributed by atoms with E-state index in [1.165, 1.54) is 12.1 Å². The van der Waals surface area contributed by atoms with E-state index < -0.39 is 10.0 Å². The number of nitrogens with one attached hydrogen (secondary N) is 1. The molecule has 0 bridgehead atoms. The van der Waals surface area contributed by atoms with Gasteiger partial charge in [0.05, 0.1) is 5.75 Å². The Morgan fingerprint density at radius 2 is 2.10 bits per heavy atom. The lowest BCUT2D eigenvalue weighted by molar-refractivity contribution is 0.0723. The third-order valence-electron chi connectivity index (χ3n) is 3.61. The van der Waals surface area contributed by atoms with Crippen molar-refractivity contribution in [2.24, 2.45) is 5.92 Å². The highest BCUT2D eigenvalue weighted by Crippen LogP contribution is 2.16. The molecule has 0 aromatic heterocycles. The summed E-state index contributed by atoms with van der Waals surface area (Å²) >= 11 is 0. The highest BCUT2D eigenvalue weighted by molar-refractivity contribution is 7.89. The molecule has 0 saturated carbocycles. The van der Waals surface area contributed by atoms with Gasteiger partial charge in [-0.25, -0.2) is 17.5 Å². The molecule has 0 aliphatic carbocycles. The van der Waals surface area contributed by atoms with Crippen LogP contribution in [0.25, 0.3) is 0 Å². The highest BCUT2D eigenvalue weighted by atomic mass is 32.2. The minimum atomic E-state index is -3.31. The molecule has 1 aliphatic rings. The van der Waals surface area contributed by atoms with Crippen LogP contribution in [0.4, 0.5) is 4.39 Å². The standard InChI is InChI=1S/C15H22FNO3S/c1-12(9-14-3-2-4-15(16)10-14)17-21(18,19)11-13-5-7-20-8-6-13/h2-4,10,12-13,17H,5-9,11H2,1H3/t12-/m1/s1. The van der Waals surface area contributed by atoms with Crippen LogP contribution in [0.1, 0.15) is 25.3 Å². The van der Waals surface area contributed by atoms with E-state index in [-0.39, 0.29) is 23.5 Å². The van der Waals surface area contributed by atoms with Gasteiger partial charge in [0.15, 0.2) is 0 Å². The van der Waals surface area contributed by atoms with Crippen molar-refractivity contribution in [2.45, 2.75) is 32.2 Å². The maximum Gasteiger partial charge on any atom is 0.212 e. The molecule has 6 heteroatoms.